The van der Waals surface area contributed by atoms with Crippen LogP contribution in [0.25, 0.3) is 0 Å². The third-order valence-electron chi connectivity index (χ3n) is 17.5. The summed E-state index contributed by atoms with van der Waals surface area (Å²) in [4.78, 5) is 79.4. The van der Waals surface area contributed by atoms with E-state index in [1.165, 1.54) is 34.1 Å². The van der Waals surface area contributed by atoms with E-state index in [9.17, 15) is 33.2 Å². The van der Waals surface area contributed by atoms with Crippen LogP contribution in [-0.4, -0.2) is 297 Å². The second kappa shape index (κ2) is 39.7. The number of nitrogens with zero attached hydrogens (tertiary/aromatic N) is 7. The Morgan fingerprint density at radius 3 is 0.952 bits per heavy atom. The quantitative estimate of drug-likeness (QED) is 0.186. The summed E-state index contributed by atoms with van der Waals surface area (Å²) in [5.41, 5.74) is 5.06. The number of primary amides is 1. The van der Waals surface area contributed by atoms with E-state index >= 15 is 0 Å². The zero-order chi connectivity index (χ0) is 64.5. The SMILES string of the molecule is CC(=O)C1CC(C)CN1.CC(=O)C1CC(C)CN1C.CC(=O)C1CC(O)CN1.CC1CC(C)N(C)C1.CC1CC(F)CN1C.CC1CC(O)CN1C.CN1CC(O)CC1C(N)=O.COC(=O)C1CC(C)CN1C.COC(=O)C1CC(O)CN1C. The van der Waals surface area contributed by atoms with Gasteiger partial charge in [-0.25, -0.2) is 4.39 Å². The number of methoxy groups -OCH3 is 2. The number of halogens is 1. The van der Waals surface area contributed by atoms with E-state index in [1.54, 1.807) is 37.7 Å². The second-order valence-corrected chi connectivity index (χ2v) is 26.1. The summed E-state index contributed by atoms with van der Waals surface area (Å²) < 4.78 is 21.6. The molecule has 8 N–H and O–H groups in total. The van der Waals surface area contributed by atoms with Crippen LogP contribution < -0.4 is 16.4 Å². The highest BCUT2D eigenvalue weighted by atomic mass is 19.1. The van der Waals surface area contributed by atoms with Gasteiger partial charge in [0.15, 0.2) is 0 Å². The zero-order valence-electron chi connectivity index (χ0n) is 55.3. The lowest BCUT2D eigenvalue weighted by molar-refractivity contribution is -0.146. The molecule has 9 heterocycles. The highest BCUT2D eigenvalue weighted by Gasteiger charge is 2.36. The van der Waals surface area contributed by atoms with Gasteiger partial charge in [-0.05, 0) is 172 Å². The van der Waals surface area contributed by atoms with E-state index < -0.39 is 6.17 Å². The zero-order valence-corrected chi connectivity index (χ0v) is 55.3. The molecule has 22 nitrogen and oxygen atoms in total. The topological polar surface area (TPSA) is 275 Å². The van der Waals surface area contributed by atoms with Crippen molar-refractivity contribution < 1.29 is 63.1 Å². The van der Waals surface area contributed by atoms with E-state index in [0.717, 1.165) is 70.2 Å². The molecule has 9 rings (SSSR count). The lowest BCUT2D eigenvalue weighted by atomic mass is 10.1. The minimum absolute atomic E-state index is 0.00463. The fourth-order valence-corrected chi connectivity index (χ4v) is 12.1. The van der Waals surface area contributed by atoms with Gasteiger partial charge in [-0.2, -0.15) is 0 Å². The Morgan fingerprint density at radius 1 is 0.405 bits per heavy atom. The molecule has 0 bridgehead atoms. The van der Waals surface area contributed by atoms with Gasteiger partial charge in [0, 0.05) is 76.9 Å². The Hall–Kier alpha value is -3.17. The van der Waals surface area contributed by atoms with Crippen LogP contribution in [0.5, 0.6) is 0 Å². The normalized spacial score (nSPS) is 35.9. The molecular weight excluding hydrogens is 1080 g/mol. The smallest absolute Gasteiger partial charge is 0.323 e. The number of likely N-dealkylation sites (N-methyl/N-ethyl adjacent to an activating group) is 5. The van der Waals surface area contributed by atoms with E-state index in [4.69, 9.17) is 26.2 Å². The van der Waals surface area contributed by atoms with Crippen LogP contribution in [0.4, 0.5) is 4.39 Å². The molecule has 0 aromatic carbocycles. The average molecular weight is 1200 g/mol. The molecule has 84 heavy (non-hydrogen) atoms. The monoisotopic (exact) mass is 1200 g/mol. The van der Waals surface area contributed by atoms with Crippen molar-refractivity contribution in [2.45, 2.75) is 212 Å². The van der Waals surface area contributed by atoms with Crippen molar-refractivity contribution in [3.05, 3.63) is 0 Å². The number of β-amino-alcohol motifs (C(OH)–C–C–N with tert-alkyl or cyclic N) is 4. The molecule has 492 valence electrons. The maximum atomic E-state index is 12.4. The minimum Gasteiger partial charge on any atom is -0.468 e. The molecule has 9 aliphatic rings. The summed E-state index contributed by atoms with van der Waals surface area (Å²) in [5, 5.41) is 42.3. The summed E-state index contributed by atoms with van der Waals surface area (Å²) in [5.74, 6) is 2.91. The highest BCUT2D eigenvalue weighted by molar-refractivity contribution is 5.82. The van der Waals surface area contributed by atoms with Crippen molar-refractivity contribution >= 4 is 35.2 Å². The molecule has 0 aromatic rings. The van der Waals surface area contributed by atoms with Gasteiger partial charge in [0.2, 0.25) is 5.91 Å². The molecular formula is C61H119FN10O12. The van der Waals surface area contributed by atoms with Crippen LogP contribution in [-0.2, 0) is 38.2 Å². The van der Waals surface area contributed by atoms with Gasteiger partial charge < -0.3 is 61.0 Å². The van der Waals surface area contributed by atoms with Gasteiger partial charge in [0.05, 0.1) is 62.8 Å². The van der Waals surface area contributed by atoms with Crippen molar-refractivity contribution in [2.75, 3.05) is 122 Å². The number of ether oxygens (including phenoxy) is 2. The summed E-state index contributed by atoms with van der Waals surface area (Å²) in [7, 11) is 16.6. The standard InChI is InChI=1S/C8H15NO2.C8H15NO.C7H13NO3.C7H13NO.C7H15N.C6H12FN.C6H12N2O2.C6H11NO2.C6H13NO/c1-6-4-7(8(10)11-3)9(2)5-6;1-6-4-8(7(2)10)9(3)5-6;1-8-4-5(9)3-6(8)7(10)11-2;1-5-3-7(6(2)9)8-4-5;1-6-4-7(2)8(3)5-6;1-5-3-6(7)4-8(5)2;1-8-3-4(9)2-5(8)6(7)10;1-4(8)6-2-5(9)3-7-6;1-5-3-6(8)4-7(5)2/h6-7H,4-5H2,1-3H3;6,8H,4-5H2,1-3H3;5-6,9H,3-4H2,1-2H3;5,7-8H,3-4H2,1-2H3;6-7H,4-5H2,1-3H3;5-6H,3-4H2,1-2H3;4-5,9H,2-3H2,1H3,(H2,7,10);5-7,9H,2-3H2,1H3;5-6,8H,3-4H2,1-2H3. The van der Waals surface area contributed by atoms with Gasteiger partial charge >= 0.3 is 11.9 Å². The van der Waals surface area contributed by atoms with Crippen molar-refractivity contribution in [2.24, 2.45) is 29.4 Å². The summed E-state index contributed by atoms with van der Waals surface area (Å²) in [6.45, 7) is 27.7. The van der Waals surface area contributed by atoms with Crippen molar-refractivity contribution in [1.82, 2.24) is 44.9 Å². The number of carbonyl (C=O) groups is 6. The van der Waals surface area contributed by atoms with Crippen LogP contribution >= 0.6 is 0 Å². The first kappa shape index (κ1) is 78.8. The number of nitrogens with one attached hydrogen (secondary N) is 2. The number of hydrogen-bond acceptors (Lipinski definition) is 21. The Kier molecular flexibility index (Phi) is 37.2. The average Bonchev–Trinajstić information content (AvgIpc) is 4.32. The molecule has 18 atom stereocenters. The molecule has 0 aromatic heterocycles. The predicted octanol–water partition coefficient (Wildman–Crippen LogP) is 1.51. The molecule has 0 saturated carbocycles. The number of nitrogens with two attached hydrogens (primary N) is 1. The van der Waals surface area contributed by atoms with Gasteiger partial charge in [0.25, 0.3) is 0 Å². The summed E-state index contributed by atoms with van der Waals surface area (Å²) in [6.07, 6.45) is 5.86. The number of ketones is 3. The predicted molar refractivity (Wildman–Crippen MR) is 328 cm³/mol. The fourth-order valence-electron chi connectivity index (χ4n) is 12.1. The molecule has 0 aliphatic carbocycles. The Bertz CT molecular complexity index is 1770. The number of amides is 1. The lowest BCUT2D eigenvalue weighted by Crippen LogP contribution is -2.37. The van der Waals surface area contributed by atoms with E-state index in [-0.39, 0.29) is 90.1 Å². The number of alkyl halides is 1. The Balaban J connectivity index is 0.000000474. The number of aliphatic hydroxyl groups excluding tert-OH is 4. The first-order chi connectivity index (χ1) is 39.0. The van der Waals surface area contributed by atoms with Gasteiger partial charge in [-0.1, -0.05) is 27.7 Å². The van der Waals surface area contributed by atoms with Gasteiger partial charge in [0.1, 0.15) is 35.6 Å². The molecule has 23 heteroatoms. The molecule has 1 amide bonds. The van der Waals surface area contributed by atoms with Gasteiger partial charge in [-0.15, -0.1) is 0 Å². The molecule has 0 spiro atoms. The largest absolute Gasteiger partial charge is 0.468 e. The number of aliphatic hydroxyl groups is 4. The summed E-state index contributed by atoms with van der Waals surface area (Å²) >= 11 is 0. The van der Waals surface area contributed by atoms with Crippen LogP contribution in [0.3, 0.4) is 0 Å². The molecule has 9 fully saturated rings. The molecule has 9 aliphatic heterocycles. The number of esters is 2. The number of hydrogen-bond donors (Lipinski definition) is 7. The molecule has 9 saturated heterocycles. The van der Waals surface area contributed by atoms with Crippen LogP contribution in [0.1, 0.15) is 127 Å². The molecule has 0 radical (unpaired) electrons. The van der Waals surface area contributed by atoms with E-state index in [2.05, 4.69) is 95.2 Å². The fraction of sp³-hybridized carbons (Fsp3) is 0.902. The van der Waals surface area contributed by atoms with Crippen LogP contribution in [0.15, 0.2) is 0 Å². The van der Waals surface area contributed by atoms with Crippen molar-refractivity contribution in [3.8, 4) is 0 Å². The maximum absolute atomic E-state index is 12.4. The van der Waals surface area contributed by atoms with E-state index in [0.29, 0.717) is 81.1 Å². The molecule has 18 unspecified atom stereocenters. The van der Waals surface area contributed by atoms with Crippen LogP contribution in [0.2, 0.25) is 0 Å². The lowest BCUT2D eigenvalue weighted by Gasteiger charge is -2.15. The van der Waals surface area contributed by atoms with Crippen molar-refractivity contribution in [3.63, 3.8) is 0 Å². The van der Waals surface area contributed by atoms with Crippen LogP contribution in [0, 0.1) is 23.7 Å². The third-order valence-corrected chi connectivity index (χ3v) is 17.5. The third kappa shape index (κ3) is 29.7. The first-order valence-corrected chi connectivity index (χ1v) is 30.7. The number of Topliss-reactive ketones (excluding diaryl/α,β-unsaturated/α-hetero) is 3. The number of carbonyl (C=O) groups excluding carboxylic acids is 6. The first-order valence-electron chi connectivity index (χ1n) is 30.7. The number of likely N-dealkylation sites (tertiary alicyclic amines) is 7. The Labute approximate surface area is 505 Å². The summed E-state index contributed by atoms with van der Waals surface area (Å²) in [6, 6.07) is 1.58. The van der Waals surface area contributed by atoms with Gasteiger partial charge in [-0.3, -0.25) is 48.4 Å². The number of rotatable bonds is 6. The Morgan fingerprint density at radius 2 is 0.762 bits per heavy atom. The highest BCUT2D eigenvalue weighted by Crippen LogP contribution is 2.24. The van der Waals surface area contributed by atoms with E-state index in [1.807, 2.05) is 33.1 Å². The maximum Gasteiger partial charge on any atom is 0.323 e. The van der Waals surface area contributed by atoms with Crippen molar-refractivity contribution in [1.29, 1.82) is 0 Å². The second-order valence-electron chi connectivity index (χ2n) is 26.1. The minimum atomic E-state index is -0.574.